The summed E-state index contributed by atoms with van der Waals surface area (Å²) in [5.74, 6) is 1.17. The standard InChI is InChI=1S/C10H13N5O/c1-6-4-8(16)7(5-12-6)9-13-14-10(11-2)15(9)3/h4-5H,1-3H3,(H,11,14)(H,12,16). The lowest BCUT2D eigenvalue weighted by Crippen LogP contribution is -2.09. The lowest BCUT2D eigenvalue weighted by atomic mass is 10.2. The van der Waals surface area contributed by atoms with E-state index in [1.807, 2.05) is 6.92 Å². The molecule has 0 aliphatic carbocycles. The number of hydrogen-bond donors (Lipinski definition) is 2. The highest BCUT2D eigenvalue weighted by Crippen LogP contribution is 2.14. The van der Waals surface area contributed by atoms with Crippen molar-refractivity contribution in [3.05, 3.63) is 28.2 Å². The molecule has 0 bridgehead atoms. The van der Waals surface area contributed by atoms with Gasteiger partial charge in [0.2, 0.25) is 5.95 Å². The van der Waals surface area contributed by atoms with E-state index in [-0.39, 0.29) is 5.43 Å². The molecule has 0 amide bonds. The number of anilines is 1. The van der Waals surface area contributed by atoms with E-state index in [1.54, 1.807) is 30.9 Å². The van der Waals surface area contributed by atoms with E-state index < -0.39 is 0 Å². The molecular weight excluding hydrogens is 206 g/mol. The molecule has 2 aromatic rings. The molecular formula is C10H13N5O. The van der Waals surface area contributed by atoms with E-state index in [9.17, 15) is 4.79 Å². The SMILES string of the molecule is CNc1nnc(-c2c[nH]c(C)cc2=O)n1C. The third-order valence-electron chi connectivity index (χ3n) is 2.40. The van der Waals surface area contributed by atoms with Crippen LogP contribution < -0.4 is 10.7 Å². The van der Waals surface area contributed by atoms with Crippen molar-refractivity contribution in [1.82, 2.24) is 19.7 Å². The maximum atomic E-state index is 11.8. The predicted octanol–water partition coefficient (Wildman–Crippen LogP) is 0.521. The molecule has 2 rings (SSSR count). The smallest absolute Gasteiger partial charge is 0.224 e. The second-order valence-corrected chi connectivity index (χ2v) is 3.55. The van der Waals surface area contributed by atoms with Crippen molar-refractivity contribution < 1.29 is 0 Å². The summed E-state index contributed by atoms with van der Waals surface area (Å²) in [6, 6.07) is 1.54. The van der Waals surface area contributed by atoms with Gasteiger partial charge in [-0.1, -0.05) is 0 Å². The minimum absolute atomic E-state index is 0.0607. The van der Waals surface area contributed by atoms with E-state index >= 15 is 0 Å². The number of H-pyrrole nitrogens is 1. The summed E-state index contributed by atoms with van der Waals surface area (Å²) in [7, 11) is 3.56. The van der Waals surface area contributed by atoms with Gasteiger partial charge in [0.05, 0.1) is 5.56 Å². The normalized spacial score (nSPS) is 10.4. The number of aryl methyl sites for hydroxylation is 1. The molecule has 0 atom stereocenters. The second-order valence-electron chi connectivity index (χ2n) is 3.55. The van der Waals surface area contributed by atoms with Gasteiger partial charge in [0, 0.05) is 32.1 Å². The summed E-state index contributed by atoms with van der Waals surface area (Å²) >= 11 is 0. The van der Waals surface area contributed by atoms with E-state index in [1.165, 1.54) is 0 Å². The zero-order valence-corrected chi connectivity index (χ0v) is 9.40. The molecule has 0 aliphatic heterocycles. The average molecular weight is 219 g/mol. The largest absolute Gasteiger partial charge is 0.364 e. The van der Waals surface area contributed by atoms with Gasteiger partial charge in [-0.3, -0.25) is 9.36 Å². The van der Waals surface area contributed by atoms with Crippen molar-refractivity contribution >= 4 is 5.95 Å². The van der Waals surface area contributed by atoms with Crippen molar-refractivity contribution in [3.63, 3.8) is 0 Å². The number of pyridine rings is 1. The highest BCUT2D eigenvalue weighted by molar-refractivity contribution is 5.55. The van der Waals surface area contributed by atoms with Crippen LogP contribution in [0.25, 0.3) is 11.4 Å². The Balaban J connectivity index is 2.59. The summed E-state index contributed by atoms with van der Waals surface area (Å²) in [6.45, 7) is 1.83. The molecule has 0 aromatic carbocycles. The van der Waals surface area contributed by atoms with Crippen LogP contribution in [0, 0.1) is 6.92 Å². The molecule has 0 radical (unpaired) electrons. The average Bonchev–Trinajstić information content (AvgIpc) is 2.60. The molecule has 0 saturated carbocycles. The quantitative estimate of drug-likeness (QED) is 0.772. The van der Waals surface area contributed by atoms with E-state index in [0.717, 1.165) is 5.69 Å². The minimum atomic E-state index is -0.0607. The van der Waals surface area contributed by atoms with Gasteiger partial charge in [0.1, 0.15) is 0 Å². The monoisotopic (exact) mass is 219 g/mol. The Kier molecular flexibility index (Phi) is 2.47. The van der Waals surface area contributed by atoms with Gasteiger partial charge in [0.15, 0.2) is 11.3 Å². The molecule has 0 fully saturated rings. The Bertz CT molecular complexity index is 569. The fraction of sp³-hybridized carbons (Fsp3) is 0.300. The van der Waals surface area contributed by atoms with Gasteiger partial charge in [-0.2, -0.15) is 0 Å². The molecule has 0 saturated heterocycles. The molecule has 0 aliphatic rings. The first kappa shape index (κ1) is 10.4. The van der Waals surface area contributed by atoms with Crippen molar-refractivity contribution in [2.24, 2.45) is 7.05 Å². The Morgan fingerprint density at radius 2 is 2.19 bits per heavy atom. The van der Waals surface area contributed by atoms with Gasteiger partial charge in [-0.25, -0.2) is 0 Å². The van der Waals surface area contributed by atoms with Crippen molar-refractivity contribution in [1.29, 1.82) is 0 Å². The lowest BCUT2D eigenvalue weighted by molar-refractivity contribution is 0.922. The number of hydrogen-bond acceptors (Lipinski definition) is 4. The molecule has 0 unspecified atom stereocenters. The summed E-state index contributed by atoms with van der Waals surface area (Å²) in [5.41, 5.74) is 1.28. The summed E-state index contributed by atoms with van der Waals surface area (Å²) in [4.78, 5) is 14.8. The van der Waals surface area contributed by atoms with Crippen molar-refractivity contribution in [3.8, 4) is 11.4 Å². The maximum absolute atomic E-state index is 11.8. The van der Waals surface area contributed by atoms with E-state index in [4.69, 9.17) is 0 Å². The highest BCUT2D eigenvalue weighted by Gasteiger charge is 2.12. The number of nitrogens with zero attached hydrogens (tertiary/aromatic N) is 3. The van der Waals surface area contributed by atoms with Crippen molar-refractivity contribution in [2.75, 3.05) is 12.4 Å². The fourth-order valence-corrected chi connectivity index (χ4v) is 1.53. The molecule has 84 valence electrons. The first-order valence-electron chi connectivity index (χ1n) is 4.90. The summed E-state index contributed by atoms with van der Waals surface area (Å²) in [5, 5.41) is 10.8. The first-order valence-corrected chi connectivity index (χ1v) is 4.90. The van der Waals surface area contributed by atoms with Crippen LogP contribution in [0.2, 0.25) is 0 Å². The zero-order valence-electron chi connectivity index (χ0n) is 9.40. The molecule has 2 N–H and O–H groups in total. The maximum Gasteiger partial charge on any atom is 0.224 e. The van der Waals surface area contributed by atoms with Crippen LogP contribution in [0.1, 0.15) is 5.69 Å². The number of nitrogens with one attached hydrogen (secondary N) is 2. The van der Waals surface area contributed by atoms with Crippen LogP contribution >= 0.6 is 0 Å². The van der Waals surface area contributed by atoms with E-state index in [2.05, 4.69) is 20.5 Å². The van der Waals surface area contributed by atoms with Crippen LogP contribution in [0.5, 0.6) is 0 Å². The molecule has 6 nitrogen and oxygen atoms in total. The van der Waals surface area contributed by atoms with Crippen LogP contribution in [-0.4, -0.2) is 26.8 Å². The van der Waals surface area contributed by atoms with Gasteiger partial charge in [0.25, 0.3) is 0 Å². The third-order valence-corrected chi connectivity index (χ3v) is 2.40. The molecule has 0 spiro atoms. The summed E-state index contributed by atoms with van der Waals surface area (Å²) < 4.78 is 1.74. The topological polar surface area (TPSA) is 75.6 Å². The van der Waals surface area contributed by atoms with Crippen molar-refractivity contribution in [2.45, 2.75) is 6.92 Å². The van der Waals surface area contributed by atoms with Crippen LogP contribution in [0.4, 0.5) is 5.95 Å². The predicted molar refractivity (Wildman–Crippen MR) is 61.3 cm³/mol. The third kappa shape index (κ3) is 1.58. The van der Waals surface area contributed by atoms with Crippen LogP contribution in [-0.2, 0) is 7.05 Å². The van der Waals surface area contributed by atoms with Gasteiger partial charge in [-0.15, -0.1) is 10.2 Å². The molecule has 2 aromatic heterocycles. The Hall–Kier alpha value is -2.11. The Morgan fingerprint density at radius 1 is 1.44 bits per heavy atom. The van der Waals surface area contributed by atoms with E-state index in [0.29, 0.717) is 17.3 Å². The van der Waals surface area contributed by atoms with Gasteiger partial charge in [-0.05, 0) is 6.92 Å². The number of aromatic amines is 1. The number of rotatable bonds is 2. The van der Waals surface area contributed by atoms with Gasteiger partial charge >= 0.3 is 0 Å². The van der Waals surface area contributed by atoms with Gasteiger partial charge < -0.3 is 10.3 Å². The lowest BCUT2D eigenvalue weighted by Gasteiger charge is -2.02. The first-order chi connectivity index (χ1) is 7.63. The van der Waals surface area contributed by atoms with Crippen LogP contribution in [0.15, 0.2) is 17.1 Å². The minimum Gasteiger partial charge on any atom is -0.364 e. The molecule has 2 heterocycles. The zero-order chi connectivity index (χ0) is 11.7. The van der Waals surface area contributed by atoms with Crippen LogP contribution in [0.3, 0.4) is 0 Å². The summed E-state index contributed by atoms with van der Waals surface area (Å²) in [6.07, 6.45) is 1.65. The molecule has 16 heavy (non-hydrogen) atoms. The molecule has 6 heteroatoms. The Labute approximate surface area is 92.3 Å². The second kappa shape index (κ2) is 3.80. The number of aromatic nitrogens is 4. The fourth-order valence-electron chi connectivity index (χ4n) is 1.53. The highest BCUT2D eigenvalue weighted by atomic mass is 16.1. The Morgan fingerprint density at radius 3 is 2.75 bits per heavy atom.